The van der Waals surface area contributed by atoms with Gasteiger partial charge in [-0.05, 0) is 43.0 Å². The molecule has 0 aliphatic heterocycles. The van der Waals surface area contributed by atoms with E-state index < -0.39 is 10.8 Å². The Hall–Kier alpha value is -0.380. The fraction of sp³-hybridized carbons (Fsp3) is 0.647. The molecule has 0 aromatic heterocycles. The van der Waals surface area contributed by atoms with Gasteiger partial charge in [0, 0.05) is 33.4 Å². The van der Waals surface area contributed by atoms with E-state index in [1.54, 1.807) is 0 Å². The Morgan fingerprint density at radius 3 is 2.52 bits per heavy atom. The second kappa shape index (κ2) is 8.92. The molecule has 1 N–H and O–H groups in total. The van der Waals surface area contributed by atoms with Gasteiger partial charge < -0.3 is 5.32 Å². The van der Waals surface area contributed by atoms with Crippen molar-refractivity contribution in [3.63, 3.8) is 0 Å². The Bertz CT molecular complexity index is 443. The van der Waals surface area contributed by atoms with Crippen LogP contribution in [0.15, 0.2) is 24.3 Å². The zero-order valence-corrected chi connectivity index (χ0v) is 14.4. The van der Waals surface area contributed by atoms with Crippen molar-refractivity contribution < 1.29 is 4.21 Å². The molecule has 0 radical (unpaired) electrons. The lowest BCUT2D eigenvalue weighted by Gasteiger charge is -2.30. The van der Waals surface area contributed by atoms with Crippen LogP contribution in [0.1, 0.15) is 44.6 Å². The molecule has 1 saturated carbocycles. The molecule has 2 atom stereocenters. The third-order valence-electron chi connectivity index (χ3n) is 4.29. The van der Waals surface area contributed by atoms with E-state index in [1.807, 2.05) is 24.3 Å². The van der Waals surface area contributed by atoms with E-state index in [-0.39, 0.29) is 0 Å². The van der Waals surface area contributed by atoms with Crippen LogP contribution in [0.4, 0.5) is 0 Å². The minimum absolute atomic E-state index is 0.406. The predicted octanol–water partition coefficient (Wildman–Crippen LogP) is 4.15. The summed E-state index contributed by atoms with van der Waals surface area (Å²) in [5.41, 5.74) is 1.11. The molecule has 0 bridgehead atoms. The maximum atomic E-state index is 12.5. The van der Waals surface area contributed by atoms with E-state index in [2.05, 4.69) is 12.2 Å². The van der Waals surface area contributed by atoms with Crippen LogP contribution < -0.4 is 5.32 Å². The average Bonchev–Trinajstić information content (AvgIpc) is 2.50. The van der Waals surface area contributed by atoms with E-state index in [9.17, 15) is 4.21 Å². The van der Waals surface area contributed by atoms with Crippen LogP contribution in [-0.4, -0.2) is 22.5 Å². The van der Waals surface area contributed by atoms with Crippen molar-refractivity contribution in [2.75, 3.05) is 12.3 Å². The summed E-state index contributed by atoms with van der Waals surface area (Å²) in [6.45, 7) is 3.09. The Morgan fingerprint density at radius 2 is 1.90 bits per heavy atom. The highest BCUT2D eigenvalue weighted by Gasteiger charge is 2.24. The molecule has 2 rings (SSSR count). The summed E-state index contributed by atoms with van der Waals surface area (Å²) in [7, 11) is -0.816. The van der Waals surface area contributed by atoms with Gasteiger partial charge in [-0.1, -0.05) is 49.9 Å². The number of hydrogen-bond donors (Lipinski definition) is 1. The number of halogens is 1. The van der Waals surface area contributed by atoms with Gasteiger partial charge in [-0.15, -0.1) is 0 Å². The van der Waals surface area contributed by atoms with Crippen LogP contribution in [0.25, 0.3) is 0 Å². The first-order chi connectivity index (χ1) is 10.2. The highest BCUT2D eigenvalue weighted by Crippen LogP contribution is 2.27. The SMILES string of the molecule is CCNC(CS(=O)Cc1ccc(Cl)cc1)C1CCCCC1. The summed E-state index contributed by atoms with van der Waals surface area (Å²) in [6.07, 6.45) is 6.60. The molecule has 1 aromatic carbocycles. The molecule has 1 aliphatic carbocycles. The first-order valence-corrected chi connectivity index (χ1v) is 9.88. The van der Waals surface area contributed by atoms with Crippen LogP contribution in [0.2, 0.25) is 5.02 Å². The van der Waals surface area contributed by atoms with Gasteiger partial charge in [0.1, 0.15) is 0 Å². The highest BCUT2D eigenvalue weighted by atomic mass is 35.5. The zero-order chi connectivity index (χ0) is 15.1. The average molecular weight is 328 g/mol. The van der Waals surface area contributed by atoms with E-state index in [1.165, 1.54) is 32.1 Å². The summed E-state index contributed by atoms with van der Waals surface area (Å²) in [5, 5.41) is 4.30. The molecule has 1 aliphatic rings. The summed E-state index contributed by atoms with van der Waals surface area (Å²) in [5.74, 6) is 2.10. The molecular formula is C17H26ClNOS. The third kappa shape index (κ3) is 5.72. The maximum Gasteiger partial charge on any atom is 0.0486 e. The van der Waals surface area contributed by atoms with Crippen LogP contribution in [0.3, 0.4) is 0 Å². The van der Waals surface area contributed by atoms with E-state index >= 15 is 0 Å². The molecular weight excluding hydrogens is 302 g/mol. The summed E-state index contributed by atoms with van der Waals surface area (Å²) < 4.78 is 12.5. The fourth-order valence-corrected chi connectivity index (χ4v) is 4.78. The van der Waals surface area contributed by atoms with E-state index in [0.717, 1.165) is 22.9 Å². The quantitative estimate of drug-likeness (QED) is 0.815. The van der Waals surface area contributed by atoms with Crippen LogP contribution in [0.5, 0.6) is 0 Å². The number of benzene rings is 1. The minimum atomic E-state index is -0.816. The number of nitrogens with one attached hydrogen (secondary N) is 1. The Morgan fingerprint density at radius 1 is 1.24 bits per heavy atom. The van der Waals surface area contributed by atoms with Gasteiger partial charge in [0.25, 0.3) is 0 Å². The second-order valence-corrected chi connectivity index (χ2v) is 7.88. The maximum absolute atomic E-state index is 12.5. The van der Waals surface area contributed by atoms with E-state index in [4.69, 9.17) is 11.6 Å². The molecule has 2 unspecified atom stereocenters. The van der Waals surface area contributed by atoms with Crippen LogP contribution >= 0.6 is 11.6 Å². The normalized spacial score (nSPS) is 19.3. The summed E-state index contributed by atoms with van der Waals surface area (Å²) in [4.78, 5) is 0. The van der Waals surface area contributed by atoms with Crippen LogP contribution in [-0.2, 0) is 16.6 Å². The molecule has 0 saturated heterocycles. The Balaban J connectivity index is 1.89. The van der Waals surface area contributed by atoms with Crippen LogP contribution in [0, 0.1) is 5.92 Å². The van der Waals surface area contributed by atoms with Crippen molar-refractivity contribution >= 4 is 22.4 Å². The molecule has 118 valence electrons. The van der Waals surface area contributed by atoms with Gasteiger partial charge in [0.15, 0.2) is 0 Å². The van der Waals surface area contributed by atoms with Crippen molar-refractivity contribution in [3.8, 4) is 0 Å². The predicted molar refractivity (Wildman–Crippen MR) is 92.2 cm³/mol. The molecule has 4 heteroatoms. The van der Waals surface area contributed by atoms with Crippen molar-refractivity contribution in [1.82, 2.24) is 5.32 Å². The van der Waals surface area contributed by atoms with Crippen molar-refractivity contribution in [1.29, 1.82) is 0 Å². The topological polar surface area (TPSA) is 29.1 Å². The van der Waals surface area contributed by atoms with Crippen molar-refractivity contribution in [3.05, 3.63) is 34.9 Å². The first kappa shape index (κ1) is 17.0. The summed E-state index contributed by atoms with van der Waals surface area (Å²) in [6, 6.07) is 8.10. The Labute approximate surface area is 136 Å². The van der Waals surface area contributed by atoms with Gasteiger partial charge in [-0.2, -0.15) is 0 Å². The second-order valence-electron chi connectivity index (χ2n) is 5.94. The molecule has 0 amide bonds. The standard InChI is InChI=1S/C17H26ClNOS/c1-2-19-17(15-6-4-3-5-7-15)13-21(20)12-14-8-10-16(18)11-9-14/h8-11,15,17,19H,2-7,12-13H2,1H3. The number of rotatable bonds is 7. The summed E-state index contributed by atoms with van der Waals surface area (Å²) >= 11 is 5.89. The third-order valence-corrected chi connectivity index (χ3v) is 5.93. The monoisotopic (exact) mass is 327 g/mol. The molecule has 0 heterocycles. The van der Waals surface area contributed by atoms with Crippen molar-refractivity contribution in [2.45, 2.75) is 50.8 Å². The lowest BCUT2D eigenvalue weighted by atomic mass is 9.84. The smallest absolute Gasteiger partial charge is 0.0486 e. The molecule has 0 spiro atoms. The molecule has 1 fully saturated rings. The van der Waals surface area contributed by atoms with Crippen molar-refractivity contribution in [2.24, 2.45) is 5.92 Å². The van der Waals surface area contributed by atoms with Gasteiger partial charge in [0.05, 0.1) is 0 Å². The lowest BCUT2D eigenvalue weighted by molar-refractivity contribution is 0.287. The molecule has 1 aromatic rings. The molecule has 2 nitrogen and oxygen atoms in total. The zero-order valence-electron chi connectivity index (χ0n) is 12.8. The molecule has 21 heavy (non-hydrogen) atoms. The van der Waals surface area contributed by atoms with Gasteiger partial charge in [-0.3, -0.25) is 4.21 Å². The Kier molecular flexibility index (Phi) is 7.21. The van der Waals surface area contributed by atoms with Gasteiger partial charge >= 0.3 is 0 Å². The highest BCUT2D eigenvalue weighted by molar-refractivity contribution is 7.84. The largest absolute Gasteiger partial charge is 0.313 e. The van der Waals surface area contributed by atoms with Gasteiger partial charge in [0.2, 0.25) is 0 Å². The first-order valence-electron chi connectivity index (χ1n) is 8.02. The lowest BCUT2D eigenvalue weighted by Crippen LogP contribution is -2.41. The number of hydrogen-bond acceptors (Lipinski definition) is 2. The minimum Gasteiger partial charge on any atom is -0.313 e. The van der Waals surface area contributed by atoms with E-state index in [0.29, 0.717) is 17.7 Å². The van der Waals surface area contributed by atoms with Gasteiger partial charge in [-0.25, -0.2) is 0 Å². The fourth-order valence-electron chi connectivity index (χ4n) is 3.19.